The Morgan fingerprint density at radius 1 is 0.862 bits per heavy atom. The van der Waals surface area contributed by atoms with Crippen molar-refractivity contribution in [1.82, 2.24) is 9.80 Å². The fraction of sp³-hybridized carbons (Fsp3) is 0.240. The quantitative estimate of drug-likeness (QED) is 0.697. The van der Waals surface area contributed by atoms with Crippen LogP contribution in [0.4, 0.5) is 0 Å². The highest BCUT2D eigenvalue weighted by Crippen LogP contribution is 2.27. The van der Waals surface area contributed by atoms with Gasteiger partial charge in [-0.15, -0.1) is 0 Å². The number of carbonyl (C=O) groups excluding carboxylic acids is 1. The van der Waals surface area contributed by atoms with Gasteiger partial charge in [-0.05, 0) is 29.2 Å². The zero-order valence-corrected chi connectivity index (χ0v) is 16.5. The van der Waals surface area contributed by atoms with Crippen molar-refractivity contribution in [2.24, 2.45) is 0 Å². The molecule has 0 atom stereocenters. The van der Waals surface area contributed by atoms with Gasteiger partial charge in [0.05, 0.1) is 6.54 Å². The molecule has 0 saturated carbocycles. The van der Waals surface area contributed by atoms with Gasteiger partial charge >= 0.3 is 0 Å². The smallest absolute Gasteiger partial charge is 0.237 e. The van der Waals surface area contributed by atoms with Crippen LogP contribution in [-0.2, 0) is 30.8 Å². The van der Waals surface area contributed by atoms with Crippen molar-refractivity contribution in [1.29, 1.82) is 0 Å². The lowest BCUT2D eigenvalue weighted by Crippen LogP contribution is -2.41. The number of phenolic OH excluding ortho intramolecular Hbond substituents is 1. The Kier molecular flexibility index (Phi) is 5.92. The molecule has 4 rings (SSSR count). The molecule has 148 valence electrons. The summed E-state index contributed by atoms with van der Waals surface area (Å²) in [5.41, 5.74) is 4.38. The van der Waals surface area contributed by atoms with E-state index in [0.29, 0.717) is 31.9 Å². The first kappa shape index (κ1) is 19.2. The number of amides is 1. The van der Waals surface area contributed by atoms with Gasteiger partial charge in [-0.3, -0.25) is 9.69 Å². The van der Waals surface area contributed by atoms with Gasteiger partial charge in [0.15, 0.2) is 0 Å². The molecule has 3 aromatic rings. The maximum atomic E-state index is 13.2. The summed E-state index contributed by atoms with van der Waals surface area (Å²) in [4.78, 5) is 17.3. The van der Waals surface area contributed by atoms with Crippen LogP contribution in [0.2, 0.25) is 0 Å². The molecule has 0 unspecified atom stereocenters. The molecule has 1 aliphatic heterocycles. The number of hydrogen-bond donors (Lipinski definition) is 1. The third-order valence-electron chi connectivity index (χ3n) is 5.47. The second-order valence-corrected chi connectivity index (χ2v) is 7.60. The minimum atomic E-state index is 0.108. The maximum Gasteiger partial charge on any atom is 0.237 e. The van der Waals surface area contributed by atoms with Crippen molar-refractivity contribution in [2.75, 3.05) is 13.1 Å². The molecular weight excluding hydrogens is 360 g/mol. The summed E-state index contributed by atoms with van der Waals surface area (Å²) in [6, 6.07) is 25.9. The van der Waals surface area contributed by atoms with Crippen molar-refractivity contribution >= 4 is 5.91 Å². The summed E-state index contributed by atoms with van der Waals surface area (Å²) in [7, 11) is 0. The molecule has 1 aliphatic rings. The second-order valence-electron chi connectivity index (χ2n) is 7.60. The molecule has 1 N–H and O–H groups in total. The van der Waals surface area contributed by atoms with E-state index in [1.54, 1.807) is 6.07 Å². The zero-order chi connectivity index (χ0) is 20.1. The minimum Gasteiger partial charge on any atom is -0.508 e. The van der Waals surface area contributed by atoms with Crippen molar-refractivity contribution in [3.63, 3.8) is 0 Å². The second kappa shape index (κ2) is 8.93. The van der Waals surface area contributed by atoms with Crippen LogP contribution in [-0.4, -0.2) is 33.9 Å². The van der Waals surface area contributed by atoms with Gasteiger partial charge in [0.25, 0.3) is 0 Å². The topological polar surface area (TPSA) is 43.8 Å². The number of benzene rings is 3. The fourth-order valence-electron chi connectivity index (χ4n) is 3.89. The largest absolute Gasteiger partial charge is 0.508 e. The van der Waals surface area contributed by atoms with Gasteiger partial charge in [0, 0.05) is 31.7 Å². The molecule has 29 heavy (non-hydrogen) atoms. The minimum absolute atomic E-state index is 0.108. The van der Waals surface area contributed by atoms with Gasteiger partial charge in [-0.25, -0.2) is 0 Å². The highest BCUT2D eigenvalue weighted by atomic mass is 16.3. The Labute approximate surface area is 172 Å². The van der Waals surface area contributed by atoms with Gasteiger partial charge in [-0.1, -0.05) is 72.8 Å². The number of carbonyl (C=O) groups is 1. The van der Waals surface area contributed by atoms with E-state index in [0.717, 1.165) is 29.7 Å². The molecule has 0 aliphatic carbocycles. The van der Waals surface area contributed by atoms with E-state index in [4.69, 9.17) is 0 Å². The monoisotopic (exact) mass is 386 g/mol. The van der Waals surface area contributed by atoms with Crippen molar-refractivity contribution < 1.29 is 9.90 Å². The molecule has 1 amide bonds. The number of hydrogen-bond acceptors (Lipinski definition) is 3. The van der Waals surface area contributed by atoms with E-state index < -0.39 is 0 Å². The maximum absolute atomic E-state index is 13.2. The number of phenols is 1. The molecule has 4 heteroatoms. The molecule has 0 saturated heterocycles. The van der Waals surface area contributed by atoms with Gasteiger partial charge in [0.2, 0.25) is 5.91 Å². The standard InChI is InChI=1S/C25H26N2O2/c28-24-13-7-12-22-14-15-26(18-23(22)24)19-25(29)27(16-20-8-3-1-4-9-20)17-21-10-5-2-6-11-21/h1-13,28H,14-19H2. The van der Waals surface area contributed by atoms with Crippen LogP contribution in [0, 0.1) is 0 Å². The summed E-state index contributed by atoms with van der Waals surface area (Å²) in [6.07, 6.45) is 0.856. The average molecular weight is 386 g/mol. The first-order valence-electron chi connectivity index (χ1n) is 10.1. The Balaban J connectivity index is 1.48. The lowest BCUT2D eigenvalue weighted by Gasteiger charge is -2.31. The highest BCUT2D eigenvalue weighted by molar-refractivity contribution is 5.78. The molecule has 4 nitrogen and oxygen atoms in total. The van der Waals surface area contributed by atoms with Crippen LogP contribution in [0.1, 0.15) is 22.3 Å². The van der Waals surface area contributed by atoms with Gasteiger partial charge in [-0.2, -0.15) is 0 Å². The third-order valence-corrected chi connectivity index (χ3v) is 5.47. The van der Waals surface area contributed by atoms with E-state index in [9.17, 15) is 9.90 Å². The van der Waals surface area contributed by atoms with Gasteiger partial charge in [0.1, 0.15) is 5.75 Å². The van der Waals surface area contributed by atoms with E-state index in [1.165, 1.54) is 5.56 Å². The lowest BCUT2D eigenvalue weighted by molar-refractivity contribution is -0.134. The molecule has 0 bridgehead atoms. The van der Waals surface area contributed by atoms with Crippen LogP contribution < -0.4 is 0 Å². The summed E-state index contributed by atoms with van der Waals surface area (Å²) >= 11 is 0. The first-order chi connectivity index (χ1) is 14.2. The molecular formula is C25H26N2O2. The van der Waals surface area contributed by atoms with E-state index >= 15 is 0 Å². The zero-order valence-electron chi connectivity index (χ0n) is 16.5. The number of aromatic hydroxyl groups is 1. The molecule has 0 fully saturated rings. The van der Waals surface area contributed by atoms with Crippen LogP contribution in [0.15, 0.2) is 78.9 Å². The summed E-state index contributed by atoms with van der Waals surface area (Å²) in [5.74, 6) is 0.432. The molecule has 3 aromatic carbocycles. The van der Waals surface area contributed by atoms with Crippen molar-refractivity contribution in [3.8, 4) is 5.75 Å². The predicted molar refractivity (Wildman–Crippen MR) is 114 cm³/mol. The molecule has 0 spiro atoms. The van der Waals surface area contributed by atoms with Gasteiger partial charge < -0.3 is 10.0 Å². The Morgan fingerprint density at radius 3 is 2.10 bits per heavy atom. The number of nitrogens with zero attached hydrogens (tertiary/aromatic N) is 2. The summed E-state index contributed by atoms with van der Waals surface area (Å²) < 4.78 is 0. The molecule has 1 heterocycles. The lowest BCUT2D eigenvalue weighted by atomic mass is 9.99. The Morgan fingerprint density at radius 2 is 1.48 bits per heavy atom. The predicted octanol–water partition coefficient (Wildman–Crippen LogP) is 3.98. The number of rotatable bonds is 6. The Hall–Kier alpha value is -3.11. The fourth-order valence-corrected chi connectivity index (χ4v) is 3.89. The van der Waals surface area contributed by atoms with E-state index in [-0.39, 0.29) is 5.91 Å². The van der Waals surface area contributed by atoms with Crippen LogP contribution in [0.3, 0.4) is 0 Å². The SMILES string of the molecule is O=C(CN1CCc2cccc(O)c2C1)N(Cc1ccccc1)Cc1ccccc1. The summed E-state index contributed by atoms with van der Waals surface area (Å²) in [5, 5.41) is 10.2. The van der Waals surface area contributed by atoms with Crippen molar-refractivity contribution in [3.05, 3.63) is 101 Å². The van der Waals surface area contributed by atoms with Crippen LogP contribution in [0.5, 0.6) is 5.75 Å². The first-order valence-corrected chi connectivity index (χ1v) is 10.1. The third kappa shape index (κ3) is 4.84. The molecule has 0 aromatic heterocycles. The van der Waals surface area contributed by atoms with Crippen LogP contribution in [0.25, 0.3) is 0 Å². The average Bonchev–Trinajstić information content (AvgIpc) is 2.75. The van der Waals surface area contributed by atoms with Crippen molar-refractivity contribution in [2.45, 2.75) is 26.1 Å². The summed E-state index contributed by atoms with van der Waals surface area (Å²) in [6.45, 7) is 2.97. The number of fused-ring (bicyclic) bond motifs is 1. The highest BCUT2D eigenvalue weighted by Gasteiger charge is 2.23. The normalized spacial score (nSPS) is 13.7. The van der Waals surface area contributed by atoms with Crippen LogP contribution >= 0.6 is 0 Å². The van der Waals surface area contributed by atoms with E-state index in [2.05, 4.69) is 35.2 Å². The Bertz CT molecular complexity index is 916. The van der Waals surface area contributed by atoms with E-state index in [1.807, 2.05) is 47.4 Å². The molecule has 0 radical (unpaired) electrons.